The second kappa shape index (κ2) is 4.74. The van der Waals surface area contributed by atoms with Crippen molar-refractivity contribution in [2.45, 2.75) is 6.92 Å². The summed E-state index contributed by atoms with van der Waals surface area (Å²) < 4.78 is 0. The number of rotatable bonds is 3. The Morgan fingerprint density at radius 3 is 2.45 bits per heavy atom. The maximum absolute atomic E-state index is 10.0. The fourth-order valence-electron chi connectivity index (χ4n) is 0.437. The van der Waals surface area contributed by atoms with Gasteiger partial charge in [0.05, 0.1) is 0 Å². The Balaban J connectivity index is 4.19. The van der Waals surface area contributed by atoms with Crippen molar-refractivity contribution in [2.24, 2.45) is 0 Å². The van der Waals surface area contributed by atoms with Crippen LogP contribution < -0.4 is 0 Å². The first-order chi connectivity index (χ1) is 5.07. The standard InChI is InChI=1S/C8H9ClO2/c1-3-7(9)6(2)4-5-8(10)11/h3-5H,2H2,1H3,(H,10,11)/b5-4+,7-3+. The molecule has 0 saturated carbocycles. The van der Waals surface area contributed by atoms with Crippen molar-refractivity contribution in [3.05, 3.63) is 35.4 Å². The number of hydrogen-bond acceptors (Lipinski definition) is 1. The second-order valence-electron chi connectivity index (χ2n) is 1.83. The molecule has 3 heteroatoms. The van der Waals surface area contributed by atoms with Crippen molar-refractivity contribution in [1.82, 2.24) is 0 Å². The topological polar surface area (TPSA) is 37.3 Å². The summed E-state index contributed by atoms with van der Waals surface area (Å²) in [5.41, 5.74) is 0.497. The molecule has 1 N–H and O–H groups in total. The van der Waals surface area contributed by atoms with Gasteiger partial charge in [0.1, 0.15) is 0 Å². The van der Waals surface area contributed by atoms with Crippen molar-refractivity contribution in [2.75, 3.05) is 0 Å². The van der Waals surface area contributed by atoms with Crippen LogP contribution in [0.15, 0.2) is 35.4 Å². The van der Waals surface area contributed by atoms with Crippen molar-refractivity contribution < 1.29 is 9.90 Å². The van der Waals surface area contributed by atoms with Crippen LogP contribution in [0.3, 0.4) is 0 Å². The average Bonchev–Trinajstić information content (AvgIpc) is 1.98. The fraction of sp³-hybridized carbons (Fsp3) is 0.125. The average molecular weight is 173 g/mol. The summed E-state index contributed by atoms with van der Waals surface area (Å²) >= 11 is 5.62. The molecule has 0 aliphatic heterocycles. The molecule has 0 unspecified atom stereocenters. The highest BCUT2D eigenvalue weighted by Crippen LogP contribution is 2.12. The van der Waals surface area contributed by atoms with E-state index in [1.165, 1.54) is 6.08 Å². The molecular weight excluding hydrogens is 164 g/mol. The lowest BCUT2D eigenvalue weighted by Crippen LogP contribution is -1.86. The molecule has 0 heterocycles. The molecule has 0 aromatic rings. The van der Waals surface area contributed by atoms with Crippen LogP contribution in [0, 0.1) is 0 Å². The first-order valence-electron chi connectivity index (χ1n) is 3.00. The first-order valence-corrected chi connectivity index (χ1v) is 3.37. The molecule has 0 atom stereocenters. The molecule has 0 aliphatic rings. The van der Waals surface area contributed by atoms with Gasteiger partial charge in [-0.1, -0.05) is 24.3 Å². The van der Waals surface area contributed by atoms with Gasteiger partial charge >= 0.3 is 5.97 Å². The molecule has 0 rings (SSSR count). The third kappa shape index (κ3) is 4.39. The minimum absolute atomic E-state index is 0.461. The summed E-state index contributed by atoms with van der Waals surface area (Å²) in [5, 5.41) is 8.69. The molecule has 0 fully saturated rings. The molecule has 0 radical (unpaired) electrons. The Morgan fingerprint density at radius 1 is 1.55 bits per heavy atom. The SMILES string of the molecule is C=C(/C=C/C(=O)O)/C(Cl)=C\C. The van der Waals surface area contributed by atoms with Crippen molar-refractivity contribution >= 4 is 17.6 Å². The molecule has 0 aromatic carbocycles. The van der Waals surface area contributed by atoms with E-state index >= 15 is 0 Å². The van der Waals surface area contributed by atoms with E-state index in [1.54, 1.807) is 13.0 Å². The highest BCUT2D eigenvalue weighted by Gasteiger charge is 1.93. The smallest absolute Gasteiger partial charge is 0.328 e. The van der Waals surface area contributed by atoms with Gasteiger partial charge in [-0.3, -0.25) is 0 Å². The summed E-state index contributed by atoms with van der Waals surface area (Å²) in [5.74, 6) is -1.01. The van der Waals surface area contributed by atoms with Crippen LogP contribution in [-0.4, -0.2) is 11.1 Å². The summed E-state index contributed by atoms with van der Waals surface area (Å²) in [6, 6.07) is 0. The molecular formula is C8H9ClO2. The van der Waals surface area contributed by atoms with E-state index in [4.69, 9.17) is 16.7 Å². The normalized spacial score (nSPS) is 12.0. The van der Waals surface area contributed by atoms with Crippen LogP contribution in [0.4, 0.5) is 0 Å². The van der Waals surface area contributed by atoms with Crippen LogP contribution in [0.25, 0.3) is 0 Å². The molecule has 11 heavy (non-hydrogen) atoms. The zero-order valence-corrected chi connectivity index (χ0v) is 6.93. The molecule has 2 nitrogen and oxygen atoms in total. The third-order valence-electron chi connectivity index (χ3n) is 0.987. The van der Waals surface area contributed by atoms with Gasteiger partial charge in [0, 0.05) is 11.1 Å². The Morgan fingerprint density at radius 2 is 2.09 bits per heavy atom. The van der Waals surface area contributed by atoms with Gasteiger partial charge in [0.15, 0.2) is 0 Å². The van der Waals surface area contributed by atoms with Crippen LogP contribution in [0.5, 0.6) is 0 Å². The highest BCUT2D eigenvalue weighted by atomic mass is 35.5. The monoisotopic (exact) mass is 172 g/mol. The lowest BCUT2D eigenvalue weighted by molar-refractivity contribution is -0.131. The molecule has 60 valence electrons. The molecule has 0 saturated heterocycles. The van der Waals surface area contributed by atoms with Crippen molar-refractivity contribution in [3.8, 4) is 0 Å². The summed E-state index contributed by atoms with van der Waals surface area (Å²) in [7, 11) is 0. The Bertz CT molecular complexity index is 226. The van der Waals surface area contributed by atoms with E-state index < -0.39 is 5.97 Å². The molecule has 0 spiro atoms. The third-order valence-corrected chi connectivity index (χ3v) is 1.45. The number of carboxylic acids is 1. The second-order valence-corrected chi connectivity index (χ2v) is 2.24. The number of hydrogen-bond donors (Lipinski definition) is 1. The predicted molar refractivity (Wildman–Crippen MR) is 45.5 cm³/mol. The maximum atomic E-state index is 10.0. The first kappa shape index (κ1) is 9.98. The molecule has 0 bridgehead atoms. The van der Waals surface area contributed by atoms with Crippen LogP contribution >= 0.6 is 11.6 Å². The van der Waals surface area contributed by atoms with E-state index in [0.29, 0.717) is 10.6 Å². The zero-order valence-electron chi connectivity index (χ0n) is 6.17. The quantitative estimate of drug-likeness (QED) is 0.524. The van der Waals surface area contributed by atoms with Gasteiger partial charge in [0.2, 0.25) is 0 Å². The molecule has 0 aliphatic carbocycles. The van der Waals surface area contributed by atoms with E-state index in [1.807, 2.05) is 0 Å². The van der Waals surface area contributed by atoms with Gasteiger partial charge < -0.3 is 5.11 Å². The molecule has 0 amide bonds. The van der Waals surface area contributed by atoms with Crippen LogP contribution in [-0.2, 0) is 4.79 Å². The van der Waals surface area contributed by atoms with Crippen molar-refractivity contribution in [3.63, 3.8) is 0 Å². The van der Waals surface area contributed by atoms with E-state index in [0.717, 1.165) is 6.08 Å². The fourth-order valence-corrected chi connectivity index (χ4v) is 0.500. The predicted octanol–water partition coefficient (Wildman–Crippen LogP) is 2.33. The summed E-state index contributed by atoms with van der Waals surface area (Å²) in [6.07, 6.45) is 3.99. The lowest BCUT2D eigenvalue weighted by atomic mass is 10.2. The van der Waals surface area contributed by atoms with Gasteiger partial charge in [-0.2, -0.15) is 0 Å². The van der Waals surface area contributed by atoms with Gasteiger partial charge in [-0.15, -0.1) is 0 Å². The number of allylic oxidation sites excluding steroid dienone is 4. The van der Waals surface area contributed by atoms with Crippen molar-refractivity contribution in [1.29, 1.82) is 0 Å². The molecule has 0 aromatic heterocycles. The van der Waals surface area contributed by atoms with Gasteiger partial charge in [-0.05, 0) is 18.6 Å². The minimum Gasteiger partial charge on any atom is -0.478 e. The Kier molecular flexibility index (Phi) is 4.30. The Labute approximate surface area is 70.5 Å². The summed E-state index contributed by atoms with van der Waals surface area (Å²) in [6.45, 7) is 5.30. The van der Waals surface area contributed by atoms with E-state index in [9.17, 15) is 4.79 Å². The van der Waals surface area contributed by atoms with Crippen LogP contribution in [0.1, 0.15) is 6.92 Å². The number of halogens is 1. The van der Waals surface area contributed by atoms with E-state index in [-0.39, 0.29) is 0 Å². The number of carboxylic acid groups (broad SMARTS) is 1. The lowest BCUT2D eigenvalue weighted by Gasteiger charge is -1.93. The van der Waals surface area contributed by atoms with Gasteiger partial charge in [0.25, 0.3) is 0 Å². The number of aliphatic carboxylic acids is 1. The highest BCUT2D eigenvalue weighted by molar-refractivity contribution is 6.32. The van der Waals surface area contributed by atoms with Crippen LogP contribution in [0.2, 0.25) is 0 Å². The summed E-state index contributed by atoms with van der Waals surface area (Å²) in [4.78, 5) is 10.0. The minimum atomic E-state index is -1.01. The van der Waals surface area contributed by atoms with E-state index in [2.05, 4.69) is 6.58 Å². The van der Waals surface area contributed by atoms with Gasteiger partial charge in [-0.25, -0.2) is 4.79 Å². The maximum Gasteiger partial charge on any atom is 0.328 e. The largest absolute Gasteiger partial charge is 0.478 e. The zero-order chi connectivity index (χ0) is 8.85. The Hall–Kier alpha value is -1.02. The number of carbonyl (C=O) groups is 1.